The molecule has 6 nitrogen and oxygen atoms in total. The highest BCUT2D eigenvalue weighted by Crippen LogP contribution is 2.35. The van der Waals surface area contributed by atoms with E-state index in [0.717, 1.165) is 16.1 Å². The first kappa shape index (κ1) is 22.6. The molecular formula is C25H19ClN2O4S2. The smallest absolute Gasteiger partial charge is 0.338 e. The van der Waals surface area contributed by atoms with Crippen LogP contribution in [0.3, 0.4) is 0 Å². The number of ether oxygens (including phenoxy) is 1. The fourth-order valence-electron chi connectivity index (χ4n) is 3.81. The highest BCUT2D eigenvalue weighted by Gasteiger charge is 2.32. The summed E-state index contributed by atoms with van der Waals surface area (Å²) in [6.07, 6.45) is 0.618. The maximum Gasteiger partial charge on any atom is 0.338 e. The number of hydrogen-bond donors (Lipinski definition) is 0. The van der Waals surface area contributed by atoms with Gasteiger partial charge in [-0.1, -0.05) is 60.1 Å². The lowest BCUT2D eigenvalue weighted by molar-refractivity contribution is 0.0468. The van der Waals surface area contributed by atoms with E-state index in [1.54, 1.807) is 12.1 Å². The number of hydrogen-bond acceptors (Lipinski definition) is 6. The summed E-state index contributed by atoms with van der Waals surface area (Å²) in [6, 6.07) is 21.2. The number of esters is 1. The van der Waals surface area contributed by atoms with Crippen molar-refractivity contribution in [2.45, 2.75) is 17.9 Å². The van der Waals surface area contributed by atoms with Crippen LogP contribution in [0.1, 0.15) is 21.6 Å². The molecule has 0 spiro atoms. The molecule has 1 aliphatic rings. The fraction of sp³-hybridized carbons (Fsp3) is 0.120. The van der Waals surface area contributed by atoms with Crippen molar-refractivity contribution in [3.63, 3.8) is 0 Å². The summed E-state index contributed by atoms with van der Waals surface area (Å²) in [4.78, 5) is 17.1. The third kappa shape index (κ3) is 4.32. The van der Waals surface area contributed by atoms with Gasteiger partial charge in [0.2, 0.25) is 0 Å². The number of aromatic nitrogens is 1. The molecule has 5 rings (SSSR count). The van der Waals surface area contributed by atoms with Crippen LogP contribution in [0.4, 0.5) is 5.69 Å². The Morgan fingerprint density at radius 2 is 1.82 bits per heavy atom. The maximum atomic E-state index is 13.4. The molecule has 34 heavy (non-hydrogen) atoms. The molecule has 172 valence electrons. The normalized spacial score (nSPS) is 13.0. The molecule has 0 saturated heterocycles. The van der Waals surface area contributed by atoms with Crippen LogP contribution < -0.4 is 4.31 Å². The minimum atomic E-state index is -3.95. The molecule has 3 aromatic carbocycles. The van der Waals surface area contributed by atoms with Crippen LogP contribution in [0.15, 0.2) is 83.1 Å². The Bertz CT molecular complexity index is 1470. The second kappa shape index (κ2) is 9.21. The summed E-state index contributed by atoms with van der Waals surface area (Å²) in [5.41, 5.74) is 3.29. The number of benzene rings is 3. The quantitative estimate of drug-likeness (QED) is 0.317. The van der Waals surface area contributed by atoms with Crippen molar-refractivity contribution in [3.8, 4) is 10.6 Å². The van der Waals surface area contributed by atoms with Gasteiger partial charge in [0.1, 0.15) is 16.5 Å². The minimum Gasteiger partial charge on any atom is -0.456 e. The predicted octanol–water partition coefficient (Wildman–Crippen LogP) is 5.57. The molecule has 0 aliphatic carbocycles. The van der Waals surface area contributed by atoms with Gasteiger partial charge in [0.25, 0.3) is 10.0 Å². The van der Waals surface area contributed by atoms with Gasteiger partial charge in [0, 0.05) is 17.5 Å². The summed E-state index contributed by atoms with van der Waals surface area (Å²) in [5, 5.41) is 2.71. The highest BCUT2D eigenvalue weighted by atomic mass is 35.5. The van der Waals surface area contributed by atoms with Gasteiger partial charge < -0.3 is 4.74 Å². The zero-order valence-corrected chi connectivity index (χ0v) is 20.2. The van der Waals surface area contributed by atoms with Crippen molar-refractivity contribution in [2.75, 3.05) is 10.8 Å². The summed E-state index contributed by atoms with van der Waals surface area (Å²) >= 11 is 7.72. The number of carbonyl (C=O) groups is 1. The van der Waals surface area contributed by atoms with Crippen molar-refractivity contribution in [3.05, 3.63) is 100 Å². The Morgan fingerprint density at radius 3 is 2.65 bits per heavy atom. The number of fused-ring (bicyclic) bond motifs is 1. The van der Waals surface area contributed by atoms with Crippen molar-refractivity contribution in [2.24, 2.45) is 0 Å². The lowest BCUT2D eigenvalue weighted by atomic mass is 10.2. The van der Waals surface area contributed by atoms with Gasteiger partial charge in [-0.3, -0.25) is 4.31 Å². The van der Waals surface area contributed by atoms with Crippen LogP contribution in [-0.2, 0) is 27.8 Å². The molecule has 2 heterocycles. The van der Waals surface area contributed by atoms with Gasteiger partial charge in [-0.25, -0.2) is 18.2 Å². The maximum absolute atomic E-state index is 13.4. The number of anilines is 1. The number of carbonyl (C=O) groups excluding carboxylic acids is 1. The Balaban J connectivity index is 1.34. The summed E-state index contributed by atoms with van der Waals surface area (Å²) in [6.45, 7) is 0.298. The molecule has 9 heteroatoms. The number of para-hydroxylation sites is 1. The first-order valence-electron chi connectivity index (χ1n) is 10.5. The Kier molecular flexibility index (Phi) is 6.12. The minimum absolute atomic E-state index is 0.0215. The lowest BCUT2D eigenvalue weighted by Crippen LogP contribution is -2.29. The molecule has 1 aromatic heterocycles. The van der Waals surface area contributed by atoms with E-state index in [-0.39, 0.29) is 22.1 Å². The molecule has 0 amide bonds. The second-order valence-electron chi connectivity index (χ2n) is 7.69. The predicted molar refractivity (Wildman–Crippen MR) is 133 cm³/mol. The number of thiazole rings is 1. The molecule has 0 fully saturated rings. The number of sulfonamides is 1. The van der Waals surface area contributed by atoms with Gasteiger partial charge in [-0.15, -0.1) is 11.3 Å². The second-order valence-corrected chi connectivity index (χ2v) is 10.8. The first-order valence-corrected chi connectivity index (χ1v) is 13.2. The van der Waals surface area contributed by atoms with Gasteiger partial charge in [0.15, 0.2) is 0 Å². The fourth-order valence-corrected chi connectivity index (χ4v) is 6.63. The average molecular weight is 511 g/mol. The molecule has 0 unspecified atom stereocenters. The highest BCUT2D eigenvalue weighted by molar-refractivity contribution is 7.93. The SMILES string of the molecule is O=C(OCc1csc(-c2ccccc2)n1)c1ccc(Cl)c(S(=O)(=O)N2CCc3ccccc32)c1. The van der Waals surface area contributed by atoms with Crippen LogP contribution >= 0.6 is 22.9 Å². The first-order chi connectivity index (χ1) is 16.4. The molecule has 0 N–H and O–H groups in total. The zero-order chi connectivity index (χ0) is 23.7. The molecule has 0 atom stereocenters. The topological polar surface area (TPSA) is 76.6 Å². The molecule has 4 aromatic rings. The van der Waals surface area contributed by atoms with E-state index >= 15 is 0 Å². The number of halogens is 1. The van der Waals surface area contributed by atoms with Crippen LogP contribution in [0.5, 0.6) is 0 Å². The largest absolute Gasteiger partial charge is 0.456 e. The van der Waals surface area contributed by atoms with E-state index in [9.17, 15) is 13.2 Å². The van der Waals surface area contributed by atoms with E-state index in [4.69, 9.17) is 16.3 Å². The summed E-state index contributed by atoms with van der Waals surface area (Å²) in [5.74, 6) is -0.649. The molecule has 1 aliphatic heterocycles. The van der Waals surface area contributed by atoms with Crippen molar-refractivity contribution >= 4 is 44.6 Å². The standard InChI is InChI=1S/C25H19ClN2O4S2/c26-21-11-10-19(14-23(21)34(30,31)28-13-12-17-6-4-5-9-22(17)28)25(29)32-15-20-16-33-24(27-20)18-7-2-1-3-8-18/h1-11,14,16H,12-13,15H2. The van der Waals surface area contributed by atoms with E-state index in [2.05, 4.69) is 4.98 Å². The van der Waals surface area contributed by atoms with E-state index in [1.807, 2.05) is 47.8 Å². The lowest BCUT2D eigenvalue weighted by Gasteiger charge is -2.20. The van der Waals surface area contributed by atoms with Crippen LogP contribution in [0.25, 0.3) is 10.6 Å². The van der Waals surface area contributed by atoms with Crippen molar-refractivity contribution < 1.29 is 17.9 Å². The number of nitrogens with zero attached hydrogens (tertiary/aromatic N) is 2. The van der Waals surface area contributed by atoms with Crippen LogP contribution in [0.2, 0.25) is 5.02 Å². The van der Waals surface area contributed by atoms with Gasteiger partial charge in [-0.2, -0.15) is 0 Å². The van der Waals surface area contributed by atoms with Crippen molar-refractivity contribution in [1.29, 1.82) is 0 Å². The molecule has 0 saturated carbocycles. The third-order valence-corrected chi connectivity index (χ3v) is 8.74. The van der Waals surface area contributed by atoms with Crippen LogP contribution in [0, 0.1) is 0 Å². The summed E-state index contributed by atoms with van der Waals surface area (Å²) in [7, 11) is -3.95. The van der Waals surface area contributed by atoms with E-state index < -0.39 is 16.0 Å². The molecule has 0 bridgehead atoms. The van der Waals surface area contributed by atoms with E-state index in [0.29, 0.717) is 24.3 Å². The van der Waals surface area contributed by atoms with Crippen LogP contribution in [-0.4, -0.2) is 25.9 Å². The van der Waals surface area contributed by atoms with Gasteiger partial charge in [0.05, 0.1) is 22.0 Å². The summed E-state index contributed by atoms with van der Waals surface area (Å²) < 4.78 is 33.5. The molecule has 0 radical (unpaired) electrons. The monoisotopic (exact) mass is 510 g/mol. The van der Waals surface area contributed by atoms with E-state index in [1.165, 1.54) is 33.8 Å². The van der Waals surface area contributed by atoms with Crippen molar-refractivity contribution in [1.82, 2.24) is 4.98 Å². The molecular weight excluding hydrogens is 492 g/mol. The Labute approximate surface area is 206 Å². The average Bonchev–Trinajstić information content (AvgIpc) is 3.51. The van der Waals surface area contributed by atoms with Gasteiger partial charge >= 0.3 is 5.97 Å². The Hall–Kier alpha value is -3.20. The third-order valence-electron chi connectivity index (χ3n) is 5.50. The zero-order valence-electron chi connectivity index (χ0n) is 17.8. The number of rotatable bonds is 6. The van der Waals surface area contributed by atoms with Gasteiger partial charge in [-0.05, 0) is 36.2 Å². The Morgan fingerprint density at radius 1 is 1.06 bits per heavy atom.